The van der Waals surface area contributed by atoms with Crippen molar-refractivity contribution >= 4 is 0 Å². The lowest BCUT2D eigenvalue weighted by Crippen LogP contribution is -2.03. The van der Waals surface area contributed by atoms with Crippen molar-refractivity contribution in [1.82, 2.24) is 0 Å². The van der Waals surface area contributed by atoms with Gasteiger partial charge in [0.05, 0.1) is 11.7 Å². The van der Waals surface area contributed by atoms with Crippen LogP contribution in [0.1, 0.15) is 40.0 Å². The van der Waals surface area contributed by atoms with Crippen LogP contribution in [-0.2, 0) is 4.74 Å². The van der Waals surface area contributed by atoms with Crippen molar-refractivity contribution in [3.63, 3.8) is 0 Å². The molecule has 1 atom stereocenters. The number of benzene rings is 1. The van der Waals surface area contributed by atoms with Crippen LogP contribution < -0.4 is 14.2 Å². The second kappa shape index (κ2) is 6.21. The van der Waals surface area contributed by atoms with Gasteiger partial charge in [0.25, 0.3) is 0 Å². The zero-order valence-electron chi connectivity index (χ0n) is 13.6. The SMILES string of the molecule is CCC(=CCOc1ccc2c(c1)OCO2)CCC1OC1(C)C. The summed E-state index contributed by atoms with van der Waals surface area (Å²) in [7, 11) is 0. The lowest BCUT2D eigenvalue weighted by atomic mass is 10.0. The molecule has 0 spiro atoms. The van der Waals surface area contributed by atoms with E-state index in [-0.39, 0.29) is 12.4 Å². The highest BCUT2D eigenvalue weighted by molar-refractivity contribution is 5.46. The first-order valence-electron chi connectivity index (χ1n) is 7.96. The highest BCUT2D eigenvalue weighted by Crippen LogP contribution is 2.39. The Balaban J connectivity index is 1.47. The van der Waals surface area contributed by atoms with Gasteiger partial charge in [0.1, 0.15) is 12.4 Å². The van der Waals surface area contributed by atoms with Crippen LogP contribution in [0.3, 0.4) is 0 Å². The number of epoxide rings is 1. The smallest absolute Gasteiger partial charge is 0.231 e. The summed E-state index contributed by atoms with van der Waals surface area (Å²) < 4.78 is 22.1. The molecule has 0 aliphatic carbocycles. The number of hydrogen-bond acceptors (Lipinski definition) is 4. The van der Waals surface area contributed by atoms with E-state index in [9.17, 15) is 0 Å². The summed E-state index contributed by atoms with van der Waals surface area (Å²) >= 11 is 0. The van der Waals surface area contributed by atoms with Crippen LogP contribution in [-0.4, -0.2) is 25.1 Å². The number of allylic oxidation sites excluding steroid dienone is 1. The summed E-state index contributed by atoms with van der Waals surface area (Å²) in [5.41, 5.74) is 1.51. The molecule has 2 aliphatic heterocycles. The van der Waals surface area contributed by atoms with Gasteiger partial charge >= 0.3 is 0 Å². The molecule has 4 nitrogen and oxygen atoms in total. The Hall–Kier alpha value is -1.68. The molecular formula is C18H24O4. The van der Waals surface area contributed by atoms with Gasteiger partial charge in [-0.15, -0.1) is 0 Å². The lowest BCUT2D eigenvalue weighted by molar-refractivity contribution is 0.174. The van der Waals surface area contributed by atoms with E-state index in [1.165, 1.54) is 5.57 Å². The first-order valence-corrected chi connectivity index (χ1v) is 7.96. The zero-order valence-corrected chi connectivity index (χ0v) is 13.6. The molecule has 0 N–H and O–H groups in total. The van der Waals surface area contributed by atoms with E-state index in [1.54, 1.807) is 0 Å². The van der Waals surface area contributed by atoms with E-state index < -0.39 is 0 Å². The van der Waals surface area contributed by atoms with Gasteiger partial charge in [-0.05, 0) is 51.3 Å². The standard InChI is InChI=1S/C18H24O4/c1-4-13(5-8-17-18(2,3)22-17)9-10-19-14-6-7-15-16(11-14)21-12-20-15/h6-7,9,11,17H,4-5,8,10,12H2,1-3H3. The lowest BCUT2D eigenvalue weighted by Gasteiger charge is -2.07. The summed E-state index contributed by atoms with van der Waals surface area (Å²) in [5.74, 6) is 2.34. The van der Waals surface area contributed by atoms with Crippen molar-refractivity contribution in [2.75, 3.05) is 13.4 Å². The Kier molecular flexibility index (Phi) is 4.30. The zero-order chi connectivity index (χ0) is 15.6. The normalized spacial score (nSPS) is 21.8. The van der Waals surface area contributed by atoms with Gasteiger partial charge in [-0.3, -0.25) is 0 Å². The molecule has 1 aromatic rings. The highest BCUT2D eigenvalue weighted by atomic mass is 16.7. The first kappa shape index (κ1) is 15.2. The monoisotopic (exact) mass is 304 g/mol. The van der Waals surface area contributed by atoms with Crippen LogP contribution in [0.2, 0.25) is 0 Å². The fourth-order valence-electron chi connectivity index (χ4n) is 2.70. The van der Waals surface area contributed by atoms with Crippen LogP contribution >= 0.6 is 0 Å². The molecule has 120 valence electrons. The minimum atomic E-state index is 0.0852. The molecule has 1 saturated heterocycles. The van der Waals surface area contributed by atoms with Gasteiger partial charge in [-0.1, -0.05) is 12.5 Å². The van der Waals surface area contributed by atoms with Gasteiger partial charge in [0.15, 0.2) is 11.5 Å². The number of rotatable bonds is 7. The third-order valence-corrected chi connectivity index (χ3v) is 4.31. The Morgan fingerprint density at radius 2 is 2.09 bits per heavy atom. The van der Waals surface area contributed by atoms with Gasteiger partial charge in [0, 0.05) is 6.07 Å². The molecule has 1 aromatic carbocycles. The first-order chi connectivity index (χ1) is 10.6. The second-order valence-electron chi connectivity index (χ2n) is 6.29. The van der Waals surface area contributed by atoms with Crippen molar-refractivity contribution in [3.8, 4) is 17.2 Å². The van der Waals surface area contributed by atoms with Crippen LogP contribution in [0.15, 0.2) is 29.8 Å². The molecule has 0 radical (unpaired) electrons. The van der Waals surface area contributed by atoms with Crippen molar-refractivity contribution in [3.05, 3.63) is 29.8 Å². The molecule has 22 heavy (non-hydrogen) atoms. The molecule has 1 unspecified atom stereocenters. The quantitative estimate of drug-likeness (QED) is 0.562. The summed E-state index contributed by atoms with van der Waals surface area (Å²) in [6.07, 6.45) is 5.82. The van der Waals surface area contributed by atoms with E-state index >= 15 is 0 Å². The largest absolute Gasteiger partial charge is 0.489 e. The summed E-state index contributed by atoms with van der Waals surface area (Å²) in [5, 5.41) is 0. The molecule has 3 rings (SSSR count). The molecule has 2 aliphatic rings. The highest BCUT2D eigenvalue weighted by Gasteiger charge is 2.46. The molecule has 0 amide bonds. The maximum absolute atomic E-state index is 5.78. The fraction of sp³-hybridized carbons (Fsp3) is 0.556. The molecule has 2 heterocycles. The van der Waals surface area contributed by atoms with Crippen LogP contribution in [0.5, 0.6) is 17.2 Å². The summed E-state index contributed by atoms with van der Waals surface area (Å²) in [6, 6.07) is 5.67. The number of ether oxygens (including phenoxy) is 4. The van der Waals surface area contributed by atoms with Gasteiger partial charge < -0.3 is 18.9 Å². The maximum atomic E-state index is 5.78. The van der Waals surface area contributed by atoms with Gasteiger partial charge in [0.2, 0.25) is 6.79 Å². The van der Waals surface area contributed by atoms with E-state index in [4.69, 9.17) is 18.9 Å². The van der Waals surface area contributed by atoms with E-state index in [1.807, 2.05) is 18.2 Å². The third-order valence-electron chi connectivity index (χ3n) is 4.31. The molecule has 4 heteroatoms. The molecule has 0 saturated carbocycles. The minimum absolute atomic E-state index is 0.0852. The summed E-state index contributed by atoms with van der Waals surface area (Å²) in [6.45, 7) is 7.35. The molecule has 0 bridgehead atoms. The predicted octanol–water partition coefficient (Wildman–Crippen LogP) is 4.09. The fourth-order valence-corrected chi connectivity index (χ4v) is 2.70. The molecular weight excluding hydrogens is 280 g/mol. The topological polar surface area (TPSA) is 40.2 Å². The van der Waals surface area contributed by atoms with Crippen molar-refractivity contribution in [1.29, 1.82) is 0 Å². The van der Waals surface area contributed by atoms with E-state index in [0.717, 1.165) is 36.5 Å². The average Bonchev–Trinajstić information content (AvgIpc) is 2.90. The number of hydrogen-bond donors (Lipinski definition) is 0. The van der Waals surface area contributed by atoms with E-state index in [0.29, 0.717) is 12.7 Å². The number of fused-ring (bicyclic) bond motifs is 1. The molecule has 1 fully saturated rings. The second-order valence-corrected chi connectivity index (χ2v) is 6.29. The van der Waals surface area contributed by atoms with Crippen LogP contribution in [0.4, 0.5) is 0 Å². The predicted molar refractivity (Wildman–Crippen MR) is 84.6 cm³/mol. The Morgan fingerprint density at radius 1 is 1.32 bits per heavy atom. The Bertz CT molecular complexity index is 562. The van der Waals surface area contributed by atoms with Crippen LogP contribution in [0.25, 0.3) is 0 Å². The minimum Gasteiger partial charge on any atom is -0.489 e. The Morgan fingerprint density at radius 3 is 2.82 bits per heavy atom. The average molecular weight is 304 g/mol. The van der Waals surface area contributed by atoms with Gasteiger partial charge in [-0.2, -0.15) is 0 Å². The molecule has 0 aromatic heterocycles. The van der Waals surface area contributed by atoms with Crippen LogP contribution in [0, 0.1) is 0 Å². The van der Waals surface area contributed by atoms with Crippen molar-refractivity contribution in [2.45, 2.75) is 51.7 Å². The van der Waals surface area contributed by atoms with Crippen molar-refractivity contribution < 1.29 is 18.9 Å². The summed E-state index contributed by atoms with van der Waals surface area (Å²) in [4.78, 5) is 0. The maximum Gasteiger partial charge on any atom is 0.231 e. The Labute approximate surface area is 132 Å². The van der Waals surface area contributed by atoms with E-state index in [2.05, 4.69) is 26.8 Å². The van der Waals surface area contributed by atoms with Crippen molar-refractivity contribution in [2.24, 2.45) is 0 Å². The third kappa shape index (κ3) is 3.55. The van der Waals surface area contributed by atoms with Gasteiger partial charge in [-0.25, -0.2) is 0 Å².